The van der Waals surface area contributed by atoms with Crippen molar-refractivity contribution in [1.82, 2.24) is 4.48 Å². The Hall–Kier alpha value is -7.10. The van der Waals surface area contributed by atoms with Crippen LogP contribution in [-0.4, -0.2) is 11.3 Å². The van der Waals surface area contributed by atoms with Gasteiger partial charge < -0.3 is 9.38 Å². The Balaban J connectivity index is 1.23. The van der Waals surface area contributed by atoms with Gasteiger partial charge in [0.1, 0.15) is 0 Å². The van der Waals surface area contributed by atoms with Gasteiger partial charge in [0.15, 0.2) is 0 Å². The van der Waals surface area contributed by atoms with Crippen LogP contribution in [0.2, 0.25) is 0 Å². The molecule has 0 amide bonds. The molecule has 0 saturated carbocycles. The molecule has 3 heterocycles. The van der Waals surface area contributed by atoms with Gasteiger partial charge in [-0.3, -0.25) is 0 Å². The third kappa shape index (κ3) is 6.75. The number of rotatable bonds is 4. The van der Waals surface area contributed by atoms with Gasteiger partial charge in [0.2, 0.25) is 0 Å². The van der Waals surface area contributed by atoms with E-state index in [4.69, 9.17) is 0 Å². The number of fused-ring (bicyclic) bond motifs is 9. The largest absolute Gasteiger partial charge is 0.375 e. The maximum Gasteiger partial charge on any atom is 0.333 e. The number of hydrogen-bond acceptors (Lipinski definition) is 1. The summed E-state index contributed by atoms with van der Waals surface area (Å²) in [5.41, 5.74) is 26.9. The number of aryl methyl sites for hydroxylation is 3. The maximum absolute atomic E-state index is 2.73. The fourth-order valence-electron chi connectivity index (χ4n) is 12.0. The molecule has 3 heteroatoms. The Morgan fingerprint density at radius 2 is 1.00 bits per heavy atom. The van der Waals surface area contributed by atoms with Crippen molar-refractivity contribution in [2.45, 2.75) is 99.3 Å². The average molecular weight is 907 g/mol. The molecule has 9 aromatic carbocycles. The lowest BCUT2D eigenvalue weighted by Gasteiger charge is -2.42. The van der Waals surface area contributed by atoms with Crippen molar-refractivity contribution < 1.29 is 0 Å². The second-order valence-electron chi connectivity index (χ2n) is 23.6. The molecule has 344 valence electrons. The van der Waals surface area contributed by atoms with E-state index in [0.29, 0.717) is 0 Å². The second-order valence-corrected chi connectivity index (χ2v) is 23.6. The van der Waals surface area contributed by atoms with Crippen LogP contribution in [0.1, 0.15) is 95.7 Å². The van der Waals surface area contributed by atoms with Gasteiger partial charge in [0.05, 0.1) is 0 Å². The van der Waals surface area contributed by atoms with E-state index in [1.54, 1.807) is 0 Å². The van der Waals surface area contributed by atoms with Crippen molar-refractivity contribution in [3.63, 3.8) is 0 Å². The quantitative estimate of drug-likeness (QED) is 0.160. The Kier molecular flexibility index (Phi) is 9.74. The van der Waals surface area contributed by atoms with Crippen molar-refractivity contribution in [2.24, 2.45) is 0 Å². The molecular formula is C67H63BN2. The number of hydrogen-bond donors (Lipinski definition) is 0. The maximum atomic E-state index is 2.73. The molecule has 2 aliphatic heterocycles. The Morgan fingerprint density at radius 1 is 0.400 bits per heavy atom. The first-order valence-electron chi connectivity index (χ1n) is 25.4. The molecule has 0 fully saturated rings. The SMILES string of the molecule is Cc1ccccc1-c1ccc2c(c1)B1c3c(cc(-c4ccc(C(C)(C)C)cc4)cc3N2c2cc(C(C)(C)C)cc(C(C)(C)C)c2)-c2cccc3c4c5cccc(-c6c(C)cccc6C)c5ccc4n1c23. The molecule has 70 heavy (non-hydrogen) atoms. The fourth-order valence-corrected chi connectivity index (χ4v) is 12.0. The molecule has 10 aromatic rings. The molecule has 0 bridgehead atoms. The van der Waals surface area contributed by atoms with Crippen molar-refractivity contribution in [3.8, 4) is 44.5 Å². The minimum atomic E-state index is -0.0976. The highest BCUT2D eigenvalue weighted by atomic mass is 15.2. The smallest absolute Gasteiger partial charge is 0.333 e. The van der Waals surface area contributed by atoms with Crippen LogP contribution in [0.4, 0.5) is 17.1 Å². The number of para-hydroxylation sites is 1. The number of nitrogens with zero attached hydrogens (tertiary/aromatic N) is 2. The van der Waals surface area contributed by atoms with E-state index in [0.717, 1.165) is 0 Å². The molecule has 0 radical (unpaired) electrons. The summed E-state index contributed by atoms with van der Waals surface area (Å²) >= 11 is 0. The Labute approximate surface area is 415 Å². The molecule has 0 atom stereocenters. The van der Waals surface area contributed by atoms with Crippen molar-refractivity contribution in [3.05, 3.63) is 197 Å². The molecular weight excluding hydrogens is 844 g/mol. The first kappa shape index (κ1) is 44.1. The van der Waals surface area contributed by atoms with Gasteiger partial charge in [0, 0.05) is 44.4 Å². The van der Waals surface area contributed by atoms with Crippen LogP contribution in [0.25, 0.3) is 77.1 Å². The predicted molar refractivity (Wildman–Crippen MR) is 304 cm³/mol. The van der Waals surface area contributed by atoms with E-state index in [2.05, 4.69) is 256 Å². The highest BCUT2D eigenvalue weighted by molar-refractivity contribution is 6.90. The van der Waals surface area contributed by atoms with Gasteiger partial charge in [-0.05, 0) is 167 Å². The van der Waals surface area contributed by atoms with Crippen LogP contribution >= 0.6 is 0 Å². The van der Waals surface area contributed by atoms with Gasteiger partial charge in [-0.15, -0.1) is 0 Å². The Bertz CT molecular complexity index is 3750. The zero-order chi connectivity index (χ0) is 48.8. The summed E-state index contributed by atoms with van der Waals surface area (Å²) < 4.78 is 2.73. The van der Waals surface area contributed by atoms with Crippen LogP contribution in [0, 0.1) is 20.8 Å². The van der Waals surface area contributed by atoms with Gasteiger partial charge in [-0.25, -0.2) is 0 Å². The fraction of sp³-hybridized carbons (Fsp3) is 0.224. The summed E-state index contributed by atoms with van der Waals surface area (Å²) in [6.45, 7) is 27.7. The van der Waals surface area contributed by atoms with Crippen molar-refractivity contribution in [1.29, 1.82) is 0 Å². The van der Waals surface area contributed by atoms with E-state index in [9.17, 15) is 0 Å². The first-order valence-corrected chi connectivity index (χ1v) is 25.4. The molecule has 0 aliphatic carbocycles. The van der Waals surface area contributed by atoms with Crippen LogP contribution in [0.5, 0.6) is 0 Å². The molecule has 2 aliphatic rings. The number of anilines is 3. The number of benzene rings is 9. The van der Waals surface area contributed by atoms with E-state index in [1.807, 2.05) is 0 Å². The predicted octanol–water partition coefficient (Wildman–Crippen LogP) is 17.2. The summed E-state index contributed by atoms with van der Waals surface area (Å²) in [6, 6.07) is 63.6. The molecule has 0 spiro atoms. The summed E-state index contributed by atoms with van der Waals surface area (Å²) in [7, 11) is 0. The standard InChI is InChI=1S/C67H63BN2/c1-40-18-13-14-21-50(40)44-28-32-58-57(35-44)68-63-56(54-24-17-25-55-62-53-23-16-22-52(61-41(2)19-15-20-42(61)3)51(53)31-33-59(62)70(68)64(54)55)34-45(43-26-29-46(30-27-43)65(4,5)6)36-60(63)69(58)49-38-47(66(7,8)9)37-48(39-49)67(10,11)12/h13-39H,1-12H3. The summed E-state index contributed by atoms with van der Waals surface area (Å²) in [5, 5.41) is 5.21. The van der Waals surface area contributed by atoms with Crippen molar-refractivity contribution >= 4 is 67.4 Å². The zero-order valence-electron chi connectivity index (χ0n) is 43.1. The van der Waals surface area contributed by atoms with Crippen LogP contribution in [0.3, 0.4) is 0 Å². The normalized spacial score (nSPS) is 13.4. The minimum absolute atomic E-state index is 0.0564. The van der Waals surface area contributed by atoms with E-state index >= 15 is 0 Å². The van der Waals surface area contributed by atoms with E-state index in [-0.39, 0.29) is 23.1 Å². The lowest BCUT2D eigenvalue weighted by molar-refractivity contribution is 0.569. The monoisotopic (exact) mass is 907 g/mol. The molecule has 0 N–H and O–H groups in total. The highest BCUT2D eigenvalue weighted by Gasteiger charge is 2.44. The summed E-state index contributed by atoms with van der Waals surface area (Å²) in [5.74, 6) is 0. The van der Waals surface area contributed by atoms with Crippen LogP contribution < -0.4 is 15.8 Å². The lowest BCUT2D eigenvalue weighted by atomic mass is 9.44. The van der Waals surface area contributed by atoms with E-state index < -0.39 is 0 Å². The molecule has 1 aromatic heterocycles. The van der Waals surface area contributed by atoms with E-state index in [1.165, 1.54) is 138 Å². The molecule has 2 nitrogen and oxygen atoms in total. The van der Waals surface area contributed by atoms with Gasteiger partial charge in [-0.1, -0.05) is 190 Å². The first-order chi connectivity index (χ1) is 33.4. The summed E-state index contributed by atoms with van der Waals surface area (Å²) in [6.07, 6.45) is 0. The van der Waals surface area contributed by atoms with Crippen LogP contribution in [0.15, 0.2) is 164 Å². The Morgan fingerprint density at radius 3 is 1.67 bits per heavy atom. The zero-order valence-corrected chi connectivity index (χ0v) is 43.1. The van der Waals surface area contributed by atoms with Crippen molar-refractivity contribution in [2.75, 3.05) is 4.90 Å². The lowest BCUT2D eigenvalue weighted by Crippen LogP contribution is -2.56. The average Bonchev–Trinajstić information content (AvgIpc) is 3.67. The third-order valence-corrected chi connectivity index (χ3v) is 15.8. The number of aromatic nitrogens is 1. The van der Waals surface area contributed by atoms with Gasteiger partial charge >= 0.3 is 6.85 Å². The summed E-state index contributed by atoms with van der Waals surface area (Å²) in [4.78, 5) is 2.63. The van der Waals surface area contributed by atoms with Gasteiger partial charge in [0.25, 0.3) is 0 Å². The van der Waals surface area contributed by atoms with Crippen LogP contribution in [-0.2, 0) is 16.2 Å². The van der Waals surface area contributed by atoms with Gasteiger partial charge in [-0.2, -0.15) is 0 Å². The second kappa shape index (κ2) is 15.5. The molecule has 0 saturated heterocycles. The third-order valence-electron chi connectivity index (χ3n) is 15.8. The minimum Gasteiger partial charge on any atom is -0.375 e. The molecule has 12 rings (SSSR count). The highest BCUT2D eigenvalue weighted by Crippen LogP contribution is 2.50. The topological polar surface area (TPSA) is 8.17 Å². The molecule has 0 unspecified atom stereocenters.